The summed E-state index contributed by atoms with van der Waals surface area (Å²) in [5.74, 6) is 0.889. The van der Waals surface area contributed by atoms with Crippen LogP contribution in [-0.4, -0.2) is 40.5 Å². The zero-order chi connectivity index (χ0) is 13.0. The van der Waals surface area contributed by atoms with Crippen molar-refractivity contribution in [2.75, 3.05) is 25.0 Å². The summed E-state index contributed by atoms with van der Waals surface area (Å²) in [6, 6.07) is 0.619. The number of anilines is 1. The average molecular weight is 269 g/mol. The number of hydrogen-bond acceptors (Lipinski definition) is 4. The second-order valence-electron chi connectivity index (χ2n) is 4.65. The Bertz CT molecular complexity index is 397. The highest BCUT2D eigenvalue weighted by molar-refractivity contribution is 6.30. The number of likely N-dealkylation sites (tertiary alicyclic amines) is 1. The third kappa shape index (κ3) is 2.93. The maximum Gasteiger partial charge on any atom is 0.137 e. The minimum absolute atomic E-state index is 0.564. The van der Waals surface area contributed by atoms with Gasteiger partial charge in [0.1, 0.15) is 17.3 Å². The number of nitrogens with one attached hydrogen (secondary N) is 1. The third-order valence-corrected chi connectivity index (χ3v) is 3.98. The fourth-order valence-corrected chi connectivity index (χ4v) is 2.88. The van der Waals surface area contributed by atoms with Gasteiger partial charge in [-0.3, -0.25) is 4.90 Å². The first-order valence-electron chi connectivity index (χ1n) is 6.73. The van der Waals surface area contributed by atoms with Crippen molar-refractivity contribution in [3.8, 4) is 0 Å². The molecule has 0 spiro atoms. The van der Waals surface area contributed by atoms with Gasteiger partial charge < -0.3 is 5.32 Å². The molecule has 100 valence electrons. The topological polar surface area (TPSA) is 41.1 Å². The number of aromatic nitrogens is 2. The Morgan fingerprint density at radius 2 is 2.28 bits per heavy atom. The highest BCUT2D eigenvalue weighted by atomic mass is 35.5. The first-order valence-corrected chi connectivity index (χ1v) is 7.11. The van der Waals surface area contributed by atoms with Crippen LogP contribution < -0.4 is 5.32 Å². The fraction of sp³-hybridized carbons (Fsp3) is 0.692. The summed E-state index contributed by atoms with van der Waals surface area (Å²) in [5, 5.41) is 4.00. The van der Waals surface area contributed by atoms with E-state index in [0.717, 1.165) is 30.9 Å². The van der Waals surface area contributed by atoms with Crippen molar-refractivity contribution in [3.05, 3.63) is 17.0 Å². The molecule has 0 radical (unpaired) electrons. The van der Waals surface area contributed by atoms with Crippen LogP contribution in [0.15, 0.2) is 6.33 Å². The molecule has 18 heavy (non-hydrogen) atoms. The molecule has 2 heterocycles. The van der Waals surface area contributed by atoms with Gasteiger partial charge in [0, 0.05) is 18.2 Å². The van der Waals surface area contributed by atoms with Gasteiger partial charge in [-0.2, -0.15) is 0 Å². The highest BCUT2D eigenvalue weighted by Crippen LogP contribution is 2.22. The lowest BCUT2D eigenvalue weighted by Crippen LogP contribution is -2.34. The van der Waals surface area contributed by atoms with Crippen molar-refractivity contribution in [1.82, 2.24) is 14.9 Å². The van der Waals surface area contributed by atoms with Crippen molar-refractivity contribution in [3.63, 3.8) is 0 Å². The largest absolute Gasteiger partial charge is 0.368 e. The number of nitrogens with zero attached hydrogens (tertiary/aromatic N) is 3. The van der Waals surface area contributed by atoms with Crippen LogP contribution in [0.2, 0.25) is 5.15 Å². The van der Waals surface area contributed by atoms with Crippen LogP contribution in [0.4, 0.5) is 5.82 Å². The molecule has 1 aromatic heterocycles. The van der Waals surface area contributed by atoms with Crippen LogP contribution in [0.3, 0.4) is 0 Å². The van der Waals surface area contributed by atoms with Gasteiger partial charge in [-0.1, -0.05) is 25.4 Å². The van der Waals surface area contributed by atoms with Gasteiger partial charge in [0.05, 0.1) is 0 Å². The van der Waals surface area contributed by atoms with E-state index in [4.69, 9.17) is 11.6 Å². The Hall–Kier alpha value is -0.870. The van der Waals surface area contributed by atoms with E-state index in [1.54, 1.807) is 0 Å². The summed E-state index contributed by atoms with van der Waals surface area (Å²) >= 11 is 6.08. The van der Waals surface area contributed by atoms with Gasteiger partial charge in [-0.05, 0) is 32.4 Å². The molecule has 0 aliphatic carbocycles. The molecule has 1 aromatic rings. The van der Waals surface area contributed by atoms with Crippen LogP contribution in [0.25, 0.3) is 0 Å². The molecule has 1 N–H and O–H groups in total. The van der Waals surface area contributed by atoms with Gasteiger partial charge in [0.15, 0.2) is 0 Å². The summed E-state index contributed by atoms with van der Waals surface area (Å²) < 4.78 is 0. The zero-order valence-electron chi connectivity index (χ0n) is 11.1. The van der Waals surface area contributed by atoms with Crippen molar-refractivity contribution in [1.29, 1.82) is 0 Å². The van der Waals surface area contributed by atoms with E-state index in [1.165, 1.54) is 25.7 Å². The molecule has 1 aliphatic heterocycles. The van der Waals surface area contributed by atoms with Crippen molar-refractivity contribution >= 4 is 17.4 Å². The maximum absolute atomic E-state index is 6.08. The molecule has 0 amide bonds. The van der Waals surface area contributed by atoms with Gasteiger partial charge in [-0.15, -0.1) is 0 Å². The molecule has 0 aromatic carbocycles. The molecule has 2 rings (SSSR count). The quantitative estimate of drug-likeness (QED) is 0.834. The van der Waals surface area contributed by atoms with E-state index in [9.17, 15) is 0 Å². The highest BCUT2D eigenvalue weighted by Gasteiger charge is 2.22. The van der Waals surface area contributed by atoms with Crippen LogP contribution in [0, 0.1) is 0 Å². The lowest BCUT2D eigenvalue weighted by molar-refractivity contribution is 0.277. The number of likely N-dealkylation sites (N-methyl/N-ethyl adjacent to an activating group) is 1. The Kier molecular flexibility index (Phi) is 4.78. The molecular formula is C13H21ClN4. The van der Waals surface area contributed by atoms with Gasteiger partial charge in [0.2, 0.25) is 0 Å². The molecule has 1 aliphatic rings. The summed E-state index contributed by atoms with van der Waals surface area (Å²) in [6.45, 7) is 7.57. The Labute approximate surface area is 114 Å². The smallest absolute Gasteiger partial charge is 0.137 e. The van der Waals surface area contributed by atoms with Crippen molar-refractivity contribution < 1.29 is 0 Å². The normalized spacial score (nSPS) is 20.3. The summed E-state index contributed by atoms with van der Waals surface area (Å²) in [5.41, 5.74) is 1.01. The average Bonchev–Trinajstić information content (AvgIpc) is 2.83. The Morgan fingerprint density at radius 3 is 3.00 bits per heavy atom. The molecular weight excluding hydrogens is 248 g/mol. The standard InChI is InChI=1S/C13H21ClN4/c1-3-11-12(14)16-9-17-13(11)15-8-10-6-5-7-18(10)4-2/h9-10H,3-8H2,1-2H3,(H,15,16,17). The van der Waals surface area contributed by atoms with E-state index in [2.05, 4.69) is 34.0 Å². The van der Waals surface area contributed by atoms with Crippen LogP contribution in [0.5, 0.6) is 0 Å². The van der Waals surface area contributed by atoms with Crippen LogP contribution in [0.1, 0.15) is 32.3 Å². The molecule has 5 heteroatoms. The lowest BCUT2D eigenvalue weighted by Gasteiger charge is -2.23. The van der Waals surface area contributed by atoms with E-state index < -0.39 is 0 Å². The van der Waals surface area contributed by atoms with Gasteiger partial charge in [0.25, 0.3) is 0 Å². The molecule has 0 bridgehead atoms. The minimum Gasteiger partial charge on any atom is -0.368 e. The third-order valence-electron chi connectivity index (χ3n) is 3.66. The Morgan fingerprint density at radius 1 is 1.44 bits per heavy atom. The summed E-state index contributed by atoms with van der Waals surface area (Å²) in [6.07, 6.45) is 4.94. The minimum atomic E-state index is 0.564. The van der Waals surface area contributed by atoms with E-state index >= 15 is 0 Å². The second kappa shape index (κ2) is 6.34. The second-order valence-corrected chi connectivity index (χ2v) is 5.01. The molecule has 1 saturated heterocycles. The first kappa shape index (κ1) is 13.6. The number of hydrogen-bond donors (Lipinski definition) is 1. The molecule has 4 nitrogen and oxygen atoms in total. The SMILES string of the molecule is CCc1c(Cl)ncnc1NCC1CCCN1CC. The number of rotatable bonds is 5. The first-order chi connectivity index (χ1) is 8.76. The Balaban J connectivity index is 2.00. The zero-order valence-corrected chi connectivity index (χ0v) is 11.9. The molecule has 1 fully saturated rings. The fourth-order valence-electron chi connectivity index (χ4n) is 2.61. The predicted octanol–water partition coefficient (Wildman–Crippen LogP) is 2.59. The number of halogens is 1. The summed E-state index contributed by atoms with van der Waals surface area (Å²) in [4.78, 5) is 10.8. The van der Waals surface area contributed by atoms with Gasteiger partial charge >= 0.3 is 0 Å². The molecule has 1 unspecified atom stereocenters. The maximum atomic E-state index is 6.08. The van der Waals surface area contributed by atoms with E-state index in [1.807, 2.05) is 0 Å². The van der Waals surface area contributed by atoms with Crippen LogP contribution in [-0.2, 0) is 6.42 Å². The van der Waals surface area contributed by atoms with Crippen molar-refractivity contribution in [2.45, 2.75) is 39.2 Å². The van der Waals surface area contributed by atoms with Gasteiger partial charge in [-0.25, -0.2) is 9.97 Å². The van der Waals surface area contributed by atoms with E-state index in [-0.39, 0.29) is 0 Å². The van der Waals surface area contributed by atoms with Crippen molar-refractivity contribution in [2.24, 2.45) is 0 Å². The molecule has 1 atom stereocenters. The lowest BCUT2D eigenvalue weighted by atomic mass is 10.2. The van der Waals surface area contributed by atoms with E-state index in [0.29, 0.717) is 11.2 Å². The monoisotopic (exact) mass is 268 g/mol. The predicted molar refractivity (Wildman–Crippen MR) is 75.2 cm³/mol. The van der Waals surface area contributed by atoms with Crippen LogP contribution >= 0.6 is 11.6 Å². The molecule has 0 saturated carbocycles. The summed E-state index contributed by atoms with van der Waals surface area (Å²) in [7, 11) is 0.